The van der Waals surface area contributed by atoms with Crippen molar-refractivity contribution in [2.24, 2.45) is 5.92 Å². The summed E-state index contributed by atoms with van der Waals surface area (Å²) >= 11 is 7.47. The number of thiazole rings is 1. The second-order valence-corrected chi connectivity index (χ2v) is 8.59. The van der Waals surface area contributed by atoms with E-state index in [0.717, 1.165) is 29.0 Å². The summed E-state index contributed by atoms with van der Waals surface area (Å²) in [6.07, 6.45) is 3.17. The number of aryl methyl sites for hydroxylation is 1. The van der Waals surface area contributed by atoms with Crippen LogP contribution in [0.5, 0.6) is 0 Å². The number of nitrogens with zero attached hydrogens (tertiary/aromatic N) is 3. The molecule has 1 aromatic carbocycles. The summed E-state index contributed by atoms with van der Waals surface area (Å²) in [5, 5.41) is 6.04. The molecule has 1 atom stereocenters. The lowest BCUT2D eigenvalue weighted by Gasteiger charge is -2.31. The smallest absolute Gasteiger partial charge is 0.273 e. The quantitative estimate of drug-likeness (QED) is 0.640. The van der Waals surface area contributed by atoms with Crippen LogP contribution in [-0.2, 0) is 4.79 Å². The van der Waals surface area contributed by atoms with E-state index in [1.165, 1.54) is 11.3 Å². The number of anilines is 1. The molecule has 2 aromatic heterocycles. The van der Waals surface area contributed by atoms with Gasteiger partial charge in [-0.2, -0.15) is 0 Å². The average molecular weight is 441 g/mol. The van der Waals surface area contributed by atoms with Crippen LogP contribution in [0.15, 0.2) is 48.0 Å². The predicted octanol–water partition coefficient (Wildman–Crippen LogP) is 4.66. The monoisotopic (exact) mass is 440 g/mol. The third-order valence-electron chi connectivity index (χ3n) is 5.13. The van der Waals surface area contributed by atoms with Crippen LogP contribution >= 0.6 is 22.9 Å². The van der Waals surface area contributed by atoms with E-state index < -0.39 is 0 Å². The van der Waals surface area contributed by atoms with Crippen LogP contribution < -0.4 is 5.32 Å². The van der Waals surface area contributed by atoms with Gasteiger partial charge < -0.3 is 10.2 Å². The van der Waals surface area contributed by atoms with Crippen molar-refractivity contribution in [1.82, 2.24) is 14.9 Å². The van der Waals surface area contributed by atoms with Crippen molar-refractivity contribution in [3.63, 3.8) is 0 Å². The Morgan fingerprint density at radius 1 is 1.27 bits per heavy atom. The Morgan fingerprint density at radius 2 is 2.13 bits per heavy atom. The van der Waals surface area contributed by atoms with E-state index in [4.69, 9.17) is 11.6 Å². The largest absolute Gasteiger partial charge is 0.336 e. The van der Waals surface area contributed by atoms with Crippen LogP contribution in [0.1, 0.15) is 28.9 Å². The number of piperidine rings is 1. The number of halogens is 1. The molecule has 1 aliphatic heterocycles. The summed E-state index contributed by atoms with van der Waals surface area (Å²) in [7, 11) is 0. The predicted molar refractivity (Wildman–Crippen MR) is 119 cm³/mol. The molecule has 1 aliphatic rings. The molecular weight excluding hydrogens is 420 g/mol. The maximum atomic E-state index is 13.0. The molecule has 0 aliphatic carbocycles. The molecule has 30 heavy (non-hydrogen) atoms. The van der Waals surface area contributed by atoms with Crippen LogP contribution in [0.3, 0.4) is 0 Å². The van der Waals surface area contributed by atoms with E-state index in [2.05, 4.69) is 15.3 Å². The van der Waals surface area contributed by atoms with Crippen LogP contribution in [0.2, 0.25) is 5.02 Å². The van der Waals surface area contributed by atoms with Gasteiger partial charge >= 0.3 is 0 Å². The maximum absolute atomic E-state index is 13.0. The lowest BCUT2D eigenvalue weighted by atomic mass is 9.97. The van der Waals surface area contributed by atoms with Crippen molar-refractivity contribution in [2.75, 3.05) is 18.4 Å². The van der Waals surface area contributed by atoms with E-state index in [1.54, 1.807) is 22.5 Å². The molecule has 3 aromatic rings. The highest BCUT2D eigenvalue weighted by atomic mass is 35.5. The van der Waals surface area contributed by atoms with Gasteiger partial charge in [0.1, 0.15) is 16.5 Å². The minimum atomic E-state index is -0.268. The van der Waals surface area contributed by atoms with Gasteiger partial charge in [0.15, 0.2) is 0 Å². The standard InChI is InChI=1S/C22H21ClN4O2S/c1-14-5-3-9-24-19(14)26-20(28)16-7-4-10-27(12-16)22(29)18-13-30-21(25-18)15-6-2-8-17(23)11-15/h2-3,5-6,8-9,11,13,16H,4,7,10,12H2,1H3,(H,24,26,28). The molecule has 1 fully saturated rings. The molecule has 0 saturated carbocycles. The Balaban J connectivity index is 1.44. The minimum Gasteiger partial charge on any atom is -0.336 e. The number of carbonyl (C=O) groups is 2. The van der Waals surface area contributed by atoms with Gasteiger partial charge in [-0.1, -0.05) is 29.8 Å². The molecule has 8 heteroatoms. The molecular formula is C22H21ClN4O2S. The molecule has 0 bridgehead atoms. The van der Waals surface area contributed by atoms with Crippen molar-refractivity contribution < 1.29 is 9.59 Å². The first-order chi connectivity index (χ1) is 14.5. The number of aromatic nitrogens is 2. The van der Waals surface area contributed by atoms with Crippen LogP contribution in [0, 0.1) is 12.8 Å². The van der Waals surface area contributed by atoms with Gasteiger partial charge in [0.25, 0.3) is 5.91 Å². The van der Waals surface area contributed by atoms with Gasteiger partial charge in [0.2, 0.25) is 5.91 Å². The fourth-order valence-corrected chi connectivity index (χ4v) is 4.48. The molecule has 1 saturated heterocycles. The van der Waals surface area contributed by atoms with Gasteiger partial charge in [-0.15, -0.1) is 11.3 Å². The maximum Gasteiger partial charge on any atom is 0.273 e. The molecule has 3 heterocycles. The first-order valence-corrected chi connectivity index (χ1v) is 11.0. The number of hydrogen-bond acceptors (Lipinski definition) is 5. The van der Waals surface area contributed by atoms with Gasteiger partial charge in [0, 0.05) is 35.3 Å². The molecule has 1 unspecified atom stereocenters. The fourth-order valence-electron chi connectivity index (χ4n) is 3.50. The molecule has 6 nitrogen and oxygen atoms in total. The van der Waals surface area contributed by atoms with Crippen LogP contribution in [0.4, 0.5) is 5.82 Å². The van der Waals surface area contributed by atoms with Crippen LogP contribution in [-0.4, -0.2) is 39.8 Å². The second kappa shape index (κ2) is 8.93. The van der Waals surface area contributed by atoms with Gasteiger partial charge in [-0.3, -0.25) is 9.59 Å². The van der Waals surface area contributed by atoms with Crippen LogP contribution in [0.25, 0.3) is 10.6 Å². The number of rotatable bonds is 4. The Bertz CT molecular complexity index is 1080. The van der Waals surface area contributed by atoms with Crippen molar-refractivity contribution >= 4 is 40.6 Å². The fraction of sp³-hybridized carbons (Fsp3) is 0.273. The van der Waals surface area contributed by atoms with Gasteiger partial charge in [-0.25, -0.2) is 9.97 Å². The molecule has 0 radical (unpaired) electrons. The Morgan fingerprint density at radius 3 is 2.93 bits per heavy atom. The number of likely N-dealkylation sites (tertiary alicyclic amines) is 1. The van der Waals surface area contributed by atoms with Gasteiger partial charge in [0.05, 0.1) is 5.92 Å². The number of amides is 2. The number of nitrogens with one attached hydrogen (secondary N) is 1. The number of carbonyl (C=O) groups excluding carboxylic acids is 2. The van der Waals surface area contributed by atoms with Crippen molar-refractivity contribution in [1.29, 1.82) is 0 Å². The second-order valence-electron chi connectivity index (χ2n) is 7.30. The highest BCUT2D eigenvalue weighted by Gasteiger charge is 2.30. The van der Waals surface area contributed by atoms with Gasteiger partial charge in [-0.05, 0) is 43.5 Å². The van der Waals surface area contributed by atoms with Crippen molar-refractivity contribution in [2.45, 2.75) is 19.8 Å². The number of hydrogen-bond donors (Lipinski definition) is 1. The number of pyridine rings is 1. The summed E-state index contributed by atoms with van der Waals surface area (Å²) in [6.45, 7) is 2.90. The molecule has 1 N–H and O–H groups in total. The van der Waals surface area contributed by atoms with E-state index in [9.17, 15) is 9.59 Å². The average Bonchev–Trinajstić information content (AvgIpc) is 3.25. The first-order valence-electron chi connectivity index (χ1n) is 9.74. The summed E-state index contributed by atoms with van der Waals surface area (Å²) in [4.78, 5) is 36.2. The Kier molecular flexibility index (Phi) is 6.11. The highest BCUT2D eigenvalue weighted by molar-refractivity contribution is 7.13. The van der Waals surface area contributed by atoms with E-state index in [1.807, 2.05) is 37.3 Å². The molecule has 0 spiro atoms. The van der Waals surface area contributed by atoms with Crippen molar-refractivity contribution in [3.05, 3.63) is 64.3 Å². The molecule has 4 rings (SSSR count). The van der Waals surface area contributed by atoms with E-state index in [-0.39, 0.29) is 17.7 Å². The zero-order chi connectivity index (χ0) is 21.1. The molecule has 2 amide bonds. The lowest BCUT2D eigenvalue weighted by Crippen LogP contribution is -2.44. The topological polar surface area (TPSA) is 75.2 Å². The van der Waals surface area contributed by atoms with E-state index in [0.29, 0.717) is 29.6 Å². The minimum absolute atomic E-state index is 0.104. The Labute approximate surface area is 183 Å². The normalized spacial score (nSPS) is 16.3. The summed E-state index contributed by atoms with van der Waals surface area (Å²) in [5.74, 6) is 0.0463. The SMILES string of the molecule is Cc1cccnc1NC(=O)C1CCCN(C(=O)c2csc(-c3cccc(Cl)c3)n2)C1. The summed E-state index contributed by atoms with van der Waals surface area (Å²) < 4.78 is 0. The Hall–Kier alpha value is -2.77. The zero-order valence-corrected chi connectivity index (χ0v) is 18.0. The lowest BCUT2D eigenvalue weighted by molar-refractivity contribution is -0.121. The number of benzene rings is 1. The summed E-state index contributed by atoms with van der Waals surface area (Å²) in [5.41, 5.74) is 2.19. The summed E-state index contributed by atoms with van der Waals surface area (Å²) in [6, 6.07) is 11.1. The first kappa shape index (κ1) is 20.5. The third-order valence-corrected chi connectivity index (χ3v) is 6.25. The van der Waals surface area contributed by atoms with Crippen molar-refractivity contribution in [3.8, 4) is 10.6 Å². The third kappa shape index (κ3) is 4.52. The molecule has 154 valence electrons. The zero-order valence-electron chi connectivity index (χ0n) is 16.5. The van der Waals surface area contributed by atoms with E-state index >= 15 is 0 Å². The highest BCUT2D eigenvalue weighted by Crippen LogP contribution is 2.27.